The standard InChI is InChI=1S/C14H17F3N2O2S/c1-2-21-10(20)5-8-6-19(7-8)13-18-12(14(15,16)17)11(22-13)9-3-4-9/h8-9H,2-7H2,1H3. The molecular weight excluding hydrogens is 317 g/mol. The molecule has 2 fully saturated rings. The van der Waals surface area contributed by atoms with Crippen LogP contribution in [0.2, 0.25) is 0 Å². The first-order valence-electron chi connectivity index (χ1n) is 7.37. The second-order valence-corrected chi connectivity index (χ2v) is 6.77. The molecule has 2 aliphatic rings. The minimum atomic E-state index is -4.39. The Morgan fingerprint density at radius 2 is 2.09 bits per heavy atom. The molecule has 0 bridgehead atoms. The van der Waals surface area contributed by atoms with Crippen LogP contribution in [0.15, 0.2) is 0 Å². The Labute approximate surface area is 130 Å². The molecule has 0 unspecified atom stereocenters. The van der Waals surface area contributed by atoms with Crippen LogP contribution in [0.3, 0.4) is 0 Å². The van der Waals surface area contributed by atoms with Gasteiger partial charge in [0, 0.05) is 23.9 Å². The van der Waals surface area contributed by atoms with Crippen LogP contribution in [0, 0.1) is 5.92 Å². The number of halogens is 3. The van der Waals surface area contributed by atoms with Crippen molar-refractivity contribution in [2.24, 2.45) is 5.92 Å². The highest BCUT2D eigenvalue weighted by atomic mass is 32.1. The highest BCUT2D eigenvalue weighted by molar-refractivity contribution is 7.15. The van der Waals surface area contributed by atoms with E-state index in [1.54, 1.807) is 6.92 Å². The summed E-state index contributed by atoms with van der Waals surface area (Å²) in [5, 5.41) is 0.425. The number of hydrogen-bond acceptors (Lipinski definition) is 5. The van der Waals surface area contributed by atoms with E-state index in [0.29, 0.717) is 36.1 Å². The van der Waals surface area contributed by atoms with E-state index in [-0.39, 0.29) is 17.8 Å². The van der Waals surface area contributed by atoms with Gasteiger partial charge in [0.2, 0.25) is 0 Å². The van der Waals surface area contributed by atoms with E-state index in [9.17, 15) is 18.0 Å². The number of nitrogens with zero attached hydrogens (tertiary/aromatic N) is 2. The summed E-state index contributed by atoms with van der Waals surface area (Å²) in [6.45, 7) is 3.22. The monoisotopic (exact) mass is 334 g/mol. The summed E-state index contributed by atoms with van der Waals surface area (Å²) in [7, 11) is 0. The van der Waals surface area contributed by atoms with Gasteiger partial charge in [0.15, 0.2) is 10.8 Å². The number of thiazole rings is 1. The lowest BCUT2D eigenvalue weighted by molar-refractivity contribution is -0.144. The predicted molar refractivity (Wildman–Crippen MR) is 76.0 cm³/mol. The molecule has 4 nitrogen and oxygen atoms in total. The fraction of sp³-hybridized carbons (Fsp3) is 0.714. The molecule has 0 atom stereocenters. The van der Waals surface area contributed by atoms with Crippen LogP contribution in [0.5, 0.6) is 0 Å². The highest BCUT2D eigenvalue weighted by Gasteiger charge is 2.43. The molecule has 1 aliphatic carbocycles. The highest BCUT2D eigenvalue weighted by Crippen LogP contribution is 2.50. The Bertz CT molecular complexity index is 563. The summed E-state index contributed by atoms with van der Waals surface area (Å²) in [6.07, 6.45) is -2.44. The lowest BCUT2D eigenvalue weighted by Gasteiger charge is -2.38. The number of alkyl halides is 3. The number of hydrogen-bond donors (Lipinski definition) is 0. The topological polar surface area (TPSA) is 42.4 Å². The van der Waals surface area contributed by atoms with Gasteiger partial charge in [-0.3, -0.25) is 4.79 Å². The van der Waals surface area contributed by atoms with Crippen LogP contribution < -0.4 is 4.90 Å². The first kappa shape index (κ1) is 15.6. The van der Waals surface area contributed by atoms with Gasteiger partial charge in [-0.2, -0.15) is 13.2 Å². The van der Waals surface area contributed by atoms with Gasteiger partial charge < -0.3 is 9.64 Å². The second kappa shape index (κ2) is 5.72. The molecule has 8 heteroatoms. The van der Waals surface area contributed by atoms with E-state index < -0.39 is 11.9 Å². The molecule has 1 saturated carbocycles. The van der Waals surface area contributed by atoms with E-state index in [0.717, 1.165) is 24.2 Å². The van der Waals surface area contributed by atoms with E-state index in [4.69, 9.17) is 4.74 Å². The third-order valence-electron chi connectivity index (χ3n) is 3.85. The van der Waals surface area contributed by atoms with Crippen LogP contribution in [0.4, 0.5) is 18.3 Å². The Hall–Kier alpha value is -1.31. The van der Waals surface area contributed by atoms with Gasteiger partial charge in [0.1, 0.15) is 0 Å². The van der Waals surface area contributed by atoms with Crippen molar-refractivity contribution in [1.82, 2.24) is 4.98 Å². The molecule has 122 valence electrons. The van der Waals surface area contributed by atoms with Gasteiger partial charge in [0.25, 0.3) is 0 Å². The van der Waals surface area contributed by atoms with Crippen LogP contribution in [0.1, 0.15) is 42.7 Å². The third-order valence-corrected chi connectivity index (χ3v) is 5.13. The number of esters is 1. The zero-order valence-electron chi connectivity index (χ0n) is 12.2. The number of ether oxygens (including phenoxy) is 1. The SMILES string of the molecule is CCOC(=O)CC1CN(c2nc(C(F)(F)F)c(C3CC3)s2)C1. The van der Waals surface area contributed by atoms with E-state index in [1.807, 2.05) is 4.90 Å². The van der Waals surface area contributed by atoms with Crippen molar-refractivity contribution < 1.29 is 22.7 Å². The minimum absolute atomic E-state index is 0.0273. The first-order chi connectivity index (χ1) is 10.4. The molecule has 2 heterocycles. The summed E-state index contributed by atoms with van der Waals surface area (Å²) >= 11 is 1.15. The molecule has 0 aromatic carbocycles. The van der Waals surface area contributed by atoms with Crippen LogP contribution in [0.25, 0.3) is 0 Å². The first-order valence-corrected chi connectivity index (χ1v) is 8.18. The summed E-state index contributed by atoms with van der Waals surface area (Å²) < 4.78 is 44.0. The maximum Gasteiger partial charge on any atom is 0.434 e. The number of carbonyl (C=O) groups excluding carboxylic acids is 1. The largest absolute Gasteiger partial charge is 0.466 e. The maximum atomic E-state index is 13.0. The molecule has 0 spiro atoms. The Kier molecular flexibility index (Phi) is 4.05. The van der Waals surface area contributed by atoms with Crippen LogP contribution >= 0.6 is 11.3 Å². The van der Waals surface area contributed by atoms with Gasteiger partial charge in [0.05, 0.1) is 13.0 Å². The predicted octanol–water partition coefficient (Wildman–Crippen LogP) is 3.43. The quantitative estimate of drug-likeness (QED) is 0.774. The van der Waals surface area contributed by atoms with Crippen molar-refractivity contribution >= 4 is 22.4 Å². The van der Waals surface area contributed by atoms with E-state index in [1.165, 1.54) is 0 Å². The molecule has 22 heavy (non-hydrogen) atoms. The molecule has 0 N–H and O–H groups in total. The zero-order valence-corrected chi connectivity index (χ0v) is 13.0. The van der Waals surface area contributed by atoms with Gasteiger partial charge in [-0.25, -0.2) is 4.98 Å². The molecular formula is C14H17F3N2O2S. The maximum absolute atomic E-state index is 13.0. The third kappa shape index (κ3) is 3.21. The van der Waals surface area contributed by atoms with Crippen LogP contribution in [-0.2, 0) is 15.7 Å². The van der Waals surface area contributed by atoms with Crippen molar-refractivity contribution in [3.05, 3.63) is 10.6 Å². The Morgan fingerprint density at radius 3 is 2.64 bits per heavy atom. The summed E-state index contributed by atoms with van der Waals surface area (Å²) in [5.74, 6) is -0.0814. The number of carbonyl (C=O) groups is 1. The fourth-order valence-electron chi connectivity index (χ4n) is 2.59. The zero-order chi connectivity index (χ0) is 15.9. The van der Waals surface area contributed by atoms with Crippen molar-refractivity contribution in [2.75, 3.05) is 24.6 Å². The molecule has 1 aromatic heterocycles. The van der Waals surface area contributed by atoms with Gasteiger partial charge in [-0.1, -0.05) is 0 Å². The second-order valence-electron chi connectivity index (χ2n) is 5.76. The van der Waals surface area contributed by atoms with Gasteiger partial charge >= 0.3 is 12.1 Å². The average molecular weight is 334 g/mol. The molecule has 1 aliphatic heterocycles. The number of anilines is 1. The fourth-order valence-corrected chi connectivity index (χ4v) is 3.86. The smallest absolute Gasteiger partial charge is 0.434 e. The molecule has 1 saturated heterocycles. The van der Waals surface area contributed by atoms with E-state index >= 15 is 0 Å². The molecule has 0 radical (unpaired) electrons. The van der Waals surface area contributed by atoms with Crippen molar-refractivity contribution in [2.45, 2.75) is 38.3 Å². The van der Waals surface area contributed by atoms with Crippen molar-refractivity contribution in [1.29, 1.82) is 0 Å². The summed E-state index contributed by atoms with van der Waals surface area (Å²) in [6, 6.07) is 0. The minimum Gasteiger partial charge on any atom is -0.466 e. The van der Waals surface area contributed by atoms with E-state index in [2.05, 4.69) is 4.98 Å². The van der Waals surface area contributed by atoms with Gasteiger partial charge in [-0.15, -0.1) is 11.3 Å². The Morgan fingerprint density at radius 1 is 1.41 bits per heavy atom. The normalized spacial score (nSPS) is 19.2. The molecule has 0 amide bonds. The van der Waals surface area contributed by atoms with Crippen molar-refractivity contribution in [3.8, 4) is 0 Å². The summed E-state index contributed by atoms with van der Waals surface area (Å²) in [4.78, 5) is 17.4. The number of rotatable bonds is 5. The molecule has 1 aromatic rings. The Balaban J connectivity index is 1.64. The lowest BCUT2D eigenvalue weighted by atomic mass is 9.97. The molecule has 3 rings (SSSR count). The number of aromatic nitrogens is 1. The lowest BCUT2D eigenvalue weighted by Crippen LogP contribution is -2.47. The summed E-state index contributed by atoms with van der Waals surface area (Å²) in [5.41, 5.74) is -0.719. The van der Waals surface area contributed by atoms with Crippen LogP contribution in [-0.4, -0.2) is 30.6 Å². The van der Waals surface area contributed by atoms with Crippen molar-refractivity contribution in [3.63, 3.8) is 0 Å². The average Bonchev–Trinajstić information content (AvgIpc) is 3.12. The van der Waals surface area contributed by atoms with Gasteiger partial charge in [-0.05, 0) is 25.7 Å².